The van der Waals surface area contributed by atoms with Crippen LogP contribution in [0.1, 0.15) is 61.6 Å². The van der Waals surface area contributed by atoms with Gasteiger partial charge in [-0.3, -0.25) is 4.79 Å². The average molecular weight is 276 g/mol. The van der Waals surface area contributed by atoms with Gasteiger partial charge in [-0.05, 0) is 50.5 Å². The third kappa shape index (κ3) is 2.75. The molecule has 0 bridgehead atoms. The number of amides is 1. The number of carbonyl (C=O) groups excluding carboxylic acids is 1. The first-order chi connectivity index (χ1) is 9.69. The first-order valence-corrected chi connectivity index (χ1v) is 7.79. The Kier molecular flexibility index (Phi) is 3.83. The monoisotopic (exact) mass is 276 g/mol. The van der Waals surface area contributed by atoms with Crippen LogP contribution >= 0.6 is 0 Å². The van der Waals surface area contributed by atoms with Gasteiger partial charge in [0.05, 0.1) is 12.1 Å². The third-order valence-corrected chi connectivity index (χ3v) is 4.66. The second-order valence-corrected chi connectivity index (χ2v) is 6.36. The van der Waals surface area contributed by atoms with Gasteiger partial charge in [-0.25, -0.2) is 0 Å². The largest absolute Gasteiger partial charge is 0.467 e. The van der Waals surface area contributed by atoms with Crippen molar-refractivity contribution < 1.29 is 9.21 Å². The van der Waals surface area contributed by atoms with Gasteiger partial charge in [0.1, 0.15) is 12.0 Å². The van der Waals surface area contributed by atoms with Gasteiger partial charge in [-0.1, -0.05) is 6.92 Å². The van der Waals surface area contributed by atoms with Crippen LogP contribution in [0, 0.1) is 5.92 Å². The van der Waals surface area contributed by atoms with Gasteiger partial charge in [0.25, 0.3) is 5.91 Å². The summed E-state index contributed by atoms with van der Waals surface area (Å²) in [5, 5.41) is 0. The predicted molar refractivity (Wildman–Crippen MR) is 77.2 cm³/mol. The molecule has 2 fully saturated rings. The van der Waals surface area contributed by atoms with Crippen molar-refractivity contribution in [3.8, 4) is 0 Å². The highest BCUT2D eigenvalue weighted by Gasteiger charge is 2.39. The van der Waals surface area contributed by atoms with Crippen molar-refractivity contribution in [2.75, 3.05) is 0 Å². The Morgan fingerprint density at radius 3 is 2.35 bits per heavy atom. The fourth-order valence-electron chi connectivity index (χ4n) is 3.25. The molecule has 4 heteroatoms. The topological polar surface area (TPSA) is 59.5 Å². The van der Waals surface area contributed by atoms with Crippen molar-refractivity contribution in [1.82, 2.24) is 4.90 Å². The molecule has 0 spiro atoms. The highest BCUT2D eigenvalue weighted by atomic mass is 16.3. The quantitative estimate of drug-likeness (QED) is 0.919. The number of hydrogen-bond acceptors (Lipinski definition) is 3. The van der Waals surface area contributed by atoms with E-state index in [9.17, 15) is 4.79 Å². The molecule has 2 aliphatic carbocycles. The molecule has 1 heterocycles. The van der Waals surface area contributed by atoms with Crippen LogP contribution in [-0.4, -0.2) is 22.9 Å². The Morgan fingerprint density at radius 1 is 1.25 bits per heavy atom. The van der Waals surface area contributed by atoms with Crippen LogP contribution in [0.5, 0.6) is 0 Å². The summed E-state index contributed by atoms with van der Waals surface area (Å²) in [5.74, 6) is 1.62. The molecule has 20 heavy (non-hydrogen) atoms. The van der Waals surface area contributed by atoms with Crippen LogP contribution in [0.25, 0.3) is 0 Å². The van der Waals surface area contributed by atoms with E-state index in [0.717, 1.165) is 31.6 Å². The van der Waals surface area contributed by atoms with Crippen LogP contribution in [0.15, 0.2) is 16.7 Å². The molecule has 2 saturated carbocycles. The van der Waals surface area contributed by atoms with Crippen LogP contribution in [0.2, 0.25) is 0 Å². The zero-order valence-corrected chi connectivity index (χ0v) is 12.2. The molecule has 0 saturated heterocycles. The van der Waals surface area contributed by atoms with Gasteiger partial charge in [0.15, 0.2) is 0 Å². The summed E-state index contributed by atoms with van der Waals surface area (Å²) in [7, 11) is 0. The zero-order chi connectivity index (χ0) is 14.1. The summed E-state index contributed by atoms with van der Waals surface area (Å²) >= 11 is 0. The molecule has 4 nitrogen and oxygen atoms in total. The minimum atomic E-state index is 0.135. The van der Waals surface area contributed by atoms with E-state index >= 15 is 0 Å². The third-order valence-electron chi connectivity index (χ3n) is 4.66. The van der Waals surface area contributed by atoms with E-state index in [2.05, 4.69) is 11.8 Å². The molecular formula is C16H24N2O2. The summed E-state index contributed by atoms with van der Waals surface area (Å²) in [6.45, 7) is 2.65. The van der Waals surface area contributed by atoms with E-state index in [4.69, 9.17) is 10.2 Å². The normalized spacial score (nSPS) is 26.5. The smallest absolute Gasteiger partial charge is 0.257 e. The fourth-order valence-corrected chi connectivity index (χ4v) is 3.25. The second-order valence-electron chi connectivity index (χ2n) is 6.36. The van der Waals surface area contributed by atoms with Crippen molar-refractivity contribution in [3.05, 3.63) is 23.7 Å². The fraction of sp³-hybridized carbons (Fsp3) is 0.688. The summed E-state index contributed by atoms with van der Waals surface area (Å²) in [6.07, 6.45) is 8.63. The molecule has 2 N–H and O–H groups in total. The molecule has 0 aliphatic heterocycles. The Bertz CT molecular complexity index is 471. The predicted octanol–water partition coefficient (Wildman–Crippen LogP) is 2.92. The van der Waals surface area contributed by atoms with Crippen molar-refractivity contribution in [2.45, 2.75) is 64.1 Å². The van der Waals surface area contributed by atoms with E-state index in [1.807, 2.05) is 0 Å². The van der Waals surface area contributed by atoms with Crippen LogP contribution in [-0.2, 0) is 6.54 Å². The highest BCUT2D eigenvalue weighted by Crippen LogP contribution is 2.36. The maximum absolute atomic E-state index is 12.8. The van der Waals surface area contributed by atoms with Gasteiger partial charge in [0, 0.05) is 12.1 Å². The standard InChI is InChI=1S/C16H24N2O2/c1-11-2-4-13(5-3-11)18(14-6-7-14)16(19)12-8-15(9-17)20-10-12/h8,10-11,13-14H,2-7,9,17H2,1H3. The molecule has 1 amide bonds. The minimum Gasteiger partial charge on any atom is -0.467 e. The van der Waals surface area contributed by atoms with E-state index in [1.165, 1.54) is 12.8 Å². The summed E-state index contributed by atoms with van der Waals surface area (Å²) < 4.78 is 5.32. The Balaban J connectivity index is 1.74. The SMILES string of the molecule is CC1CCC(N(C(=O)c2coc(CN)c2)C2CC2)CC1. The second kappa shape index (κ2) is 5.60. The Labute approximate surface area is 120 Å². The Hall–Kier alpha value is -1.29. The van der Waals surface area contributed by atoms with Crippen molar-refractivity contribution in [3.63, 3.8) is 0 Å². The van der Waals surface area contributed by atoms with Crippen LogP contribution < -0.4 is 5.73 Å². The van der Waals surface area contributed by atoms with E-state index in [-0.39, 0.29) is 5.91 Å². The summed E-state index contributed by atoms with van der Waals surface area (Å²) in [5.41, 5.74) is 6.21. The number of furan rings is 1. The first-order valence-electron chi connectivity index (χ1n) is 7.79. The molecule has 3 rings (SSSR count). The molecule has 0 radical (unpaired) electrons. The van der Waals surface area contributed by atoms with E-state index < -0.39 is 0 Å². The zero-order valence-electron chi connectivity index (χ0n) is 12.2. The minimum absolute atomic E-state index is 0.135. The van der Waals surface area contributed by atoms with Gasteiger partial charge in [0.2, 0.25) is 0 Å². The van der Waals surface area contributed by atoms with Gasteiger partial charge >= 0.3 is 0 Å². The van der Waals surface area contributed by atoms with Crippen LogP contribution in [0.3, 0.4) is 0 Å². The molecule has 110 valence electrons. The maximum atomic E-state index is 12.8. The first kappa shape index (κ1) is 13.7. The van der Waals surface area contributed by atoms with Crippen molar-refractivity contribution in [1.29, 1.82) is 0 Å². The molecular weight excluding hydrogens is 252 g/mol. The van der Waals surface area contributed by atoms with Crippen LogP contribution in [0.4, 0.5) is 0 Å². The van der Waals surface area contributed by atoms with Gasteiger partial charge in [-0.2, -0.15) is 0 Å². The van der Waals surface area contributed by atoms with E-state index in [1.54, 1.807) is 12.3 Å². The highest BCUT2D eigenvalue weighted by molar-refractivity contribution is 5.94. The maximum Gasteiger partial charge on any atom is 0.257 e. The molecule has 1 aromatic heterocycles. The molecule has 2 aliphatic rings. The van der Waals surface area contributed by atoms with Gasteiger partial charge in [-0.15, -0.1) is 0 Å². The number of nitrogens with two attached hydrogens (primary N) is 1. The molecule has 0 aromatic carbocycles. The summed E-state index contributed by atoms with van der Waals surface area (Å²) in [6, 6.07) is 2.67. The molecule has 0 unspecified atom stereocenters. The van der Waals surface area contributed by atoms with E-state index in [0.29, 0.717) is 30.0 Å². The molecule has 1 aromatic rings. The lowest BCUT2D eigenvalue weighted by Crippen LogP contribution is -2.43. The van der Waals surface area contributed by atoms with Crippen molar-refractivity contribution in [2.24, 2.45) is 11.7 Å². The summed E-state index contributed by atoms with van der Waals surface area (Å²) in [4.78, 5) is 14.9. The lowest BCUT2D eigenvalue weighted by Gasteiger charge is -2.36. The molecule has 0 atom stereocenters. The number of hydrogen-bond donors (Lipinski definition) is 1. The number of carbonyl (C=O) groups is 1. The average Bonchev–Trinajstić information content (AvgIpc) is 3.17. The Morgan fingerprint density at radius 2 is 1.85 bits per heavy atom. The van der Waals surface area contributed by atoms with Gasteiger partial charge < -0.3 is 15.1 Å². The van der Waals surface area contributed by atoms with Crippen molar-refractivity contribution >= 4 is 5.91 Å². The lowest BCUT2D eigenvalue weighted by molar-refractivity contribution is 0.0592. The number of rotatable bonds is 4. The number of nitrogens with zero attached hydrogens (tertiary/aromatic N) is 1. The lowest BCUT2D eigenvalue weighted by atomic mass is 9.86.